The summed E-state index contributed by atoms with van der Waals surface area (Å²) >= 11 is 5.86. The molecule has 136 valence electrons. The van der Waals surface area contributed by atoms with Crippen molar-refractivity contribution < 1.29 is 9.53 Å². The standard InChI is InChI=1S/C20H16ClN3O3/c21-16-7-9-17(10-8-16)27-18-5-3-4-15(12-18)13-22-23-19(25)14-24-11-2-1-6-20(24)26/h1-13H,14H2,(H,23,25)/b22-13-. The number of aromatic nitrogens is 1. The molecular weight excluding hydrogens is 366 g/mol. The fourth-order valence-corrected chi connectivity index (χ4v) is 2.38. The SMILES string of the molecule is O=C(Cn1ccccc1=O)N/N=C\c1cccc(Oc2ccc(Cl)cc2)c1. The van der Waals surface area contributed by atoms with Gasteiger partial charge in [-0.25, -0.2) is 5.43 Å². The van der Waals surface area contributed by atoms with E-state index in [-0.39, 0.29) is 12.1 Å². The summed E-state index contributed by atoms with van der Waals surface area (Å²) in [6.45, 7) is -0.100. The summed E-state index contributed by atoms with van der Waals surface area (Å²) in [4.78, 5) is 23.4. The van der Waals surface area contributed by atoms with E-state index in [1.165, 1.54) is 16.8 Å². The highest BCUT2D eigenvalue weighted by Crippen LogP contribution is 2.23. The van der Waals surface area contributed by atoms with Gasteiger partial charge in [0.05, 0.1) is 6.21 Å². The Kier molecular flexibility index (Phi) is 6.02. The number of nitrogens with zero attached hydrogens (tertiary/aromatic N) is 2. The lowest BCUT2D eigenvalue weighted by Crippen LogP contribution is -2.28. The molecule has 1 heterocycles. The average molecular weight is 382 g/mol. The number of ether oxygens (including phenoxy) is 1. The minimum Gasteiger partial charge on any atom is -0.457 e. The number of carbonyl (C=O) groups excluding carboxylic acids is 1. The third-order valence-electron chi connectivity index (χ3n) is 3.52. The first-order valence-electron chi connectivity index (χ1n) is 8.11. The number of rotatable bonds is 6. The Morgan fingerprint density at radius 3 is 2.67 bits per heavy atom. The molecule has 0 radical (unpaired) electrons. The predicted octanol–water partition coefficient (Wildman–Crippen LogP) is 3.44. The summed E-state index contributed by atoms with van der Waals surface area (Å²) in [6, 6.07) is 19.0. The molecule has 27 heavy (non-hydrogen) atoms. The van der Waals surface area contributed by atoms with Crippen LogP contribution in [0.5, 0.6) is 11.5 Å². The van der Waals surface area contributed by atoms with Crippen LogP contribution in [0.2, 0.25) is 5.02 Å². The third kappa shape index (κ3) is 5.55. The topological polar surface area (TPSA) is 72.7 Å². The number of hydrogen-bond donors (Lipinski definition) is 1. The van der Waals surface area contributed by atoms with Gasteiger partial charge in [0.15, 0.2) is 0 Å². The Morgan fingerprint density at radius 2 is 1.89 bits per heavy atom. The van der Waals surface area contributed by atoms with Crippen molar-refractivity contribution in [1.82, 2.24) is 9.99 Å². The lowest BCUT2D eigenvalue weighted by molar-refractivity contribution is -0.121. The van der Waals surface area contributed by atoms with E-state index in [0.717, 1.165) is 5.56 Å². The van der Waals surface area contributed by atoms with Crippen LogP contribution in [0.1, 0.15) is 5.56 Å². The second-order valence-corrected chi connectivity index (χ2v) is 6.02. The van der Waals surface area contributed by atoms with E-state index in [4.69, 9.17) is 16.3 Å². The van der Waals surface area contributed by atoms with Crippen molar-refractivity contribution in [2.24, 2.45) is 5.10 Å². The van der Waals surface area contributed by atoms with Gasteiger partial charge in [-0.15, -0.1) is 0 Å². The number of benzene rings is 2. The van der Waals surface area contributed by atoms with E-state index in [1.807, 2.05) is 18.2 Å². The quantitative estimate of drug-likeness (QED) is 0.525. The molecule has 0 aliphatic heterocycles. The van der Waals surface area contributed by atoms with Crippen LogP contribution in [0.25, 0.3) is 0 Å². The maximum atomic E-state index is 11.9. The van der Waals surface area contributed by atoms with Gasteiger partial charge in [0.1, 0.15) is 18.0 Å². The van der Waals surface area contributed by atoms with Crippen LogP contribution in [-0.4, -0.2) is 16.7 Å². The number of amides is 1. The van der Waals surface area contributed by atoms with Gasteiger partial charge in [-0.1, -0.05) is 29.8 Å². The minimum absolute atomic E-state index is 0.100. The Morgan fingerprint density at radius 1 is 1.07 bits per heavy atom. The molecule has 0 aliphatic carbocycles. The summed E-state index contributed by atoms with van der Waals surface area (Å²) in [5.74, 6) is 0.895. The van der Waals surface area contributed by atoms with Crippen molar-refractivity contribution in [3.05, 3.63) is 93.9 Å². The summed E-state index contributed by atoms with van der Waals surface area (Å²) < 4.78 is 7.04. The molecule has 0 unspecified atom stereocenters. The molecule has 0 aliphatic rings. The van der Waals surface area contributed by atoms with E-state index < -0.39 is 5.91 Å². The number of halogens is 1. The van der Waals surface area contributed by atoms with Gasteiger partial charge in [0.25, 0.3) is 11.5 Å². The highest BCUT2D eigenvalue weighted by molar-refractivity contribution is 6.30. The molecule has 0 saturated heterocycles. The monoisotopic (exact) mass is 381 g/mol. The number of nitrogens with one attached hydrogen (secondary N) is 1. The largest absolute Gasteiger partial charge is 0.457 e. The molecule has 1 aromatic heterocycles. The van der Waals surface area contributed by atoms with Crippen LogP contribution in [-0.2, 0) is 11.3 Å². The van der Waals surface area contributed by atoms with Gasteiger partial charge in [0.2, 0.25) is 0 Å². The molecule has 1 amide bonds. The van der Waals surface area contributed by atoms with Crippen LogP contribution < -0.4 is 15.7 Å². The van der Waals surface area contributed by atoms with E-state index in [2.05, 4.69) is 10.5 Å². The van der Waals surface area contributed by atoms with Crippen molar-refractivity contribution in [3.63, 3.8) is 0 Å². The van der Waals surface area contributed by atoms with Crippen molar-refractivity contribution in [1.29, 1.82) is 0 Å². The first-order chi connectivity index (χ1) is 13.1. The molecule has 7 heteroatoms. The number of pyridine rings is 1. The maximum absolute atomic E-state index is 11.9. The zero-order valence-corrected chi connectivity index (χ0v) is 15.0. The minimum atomic E-state index is -0.395. The van der Waals surface area contributed by atoms with Crippen molar-refractivity contribution in [2.45, 2.75) is 6.54 Å². The smallest absolute Gasteiger partial charge is 0.260 e. The van der Waals surface area contributed by atoms with Crippen LogP contribution in [0.4, 0.5) is 0 Å². The molecule has 2 aromatic carbocycles. The molecule has 0 spiro atoms. The number of hydrazone groups is 1. The highest BCUT2D eigenvalue weighted by Gasteiger charge is 2.02. The predicted molar refractivity (Wildman–Crippen MR) is 104 cm³/mol. The van der Waals surface area contributed by atoms with Crippen LogP contribution in [0, 0.1) is 0 Å². The van der Waals surface area contributed by atoms with Crippen molar-refractivity contribution >= 4 is 23.7 Å². The lowest BCUT2D eigenvalue weighted by Gasteiger charge is -2.06. The van der Waals surface area contributed by atoms with Gasteiger partial charge >= 0.3 is 0 Å². The van der Waals surface area contributed by atoms with Crippen LogP contribution in [0.3, 0.4) is 0 Å². The van der Waals surface area contributed by atoms with E-state index in [9.17, 15) is 9.59 Å². The first-order valence-corrected chi connectivity index (χ1v) is 8.49. The maximum Gasteiger partial charge on any atom is 0.260 e. The van der Waals surface area contributed by atoms with Gasteiger partial charge in [-0.05, 0) is 48.0 Å². The highest BCUT2D eigenvalue weighted by atomic mass is 35.5. The average Bonchev–Trinajstić information content (AvgIpc) is 2.66. The molecule has 1 N–H and O–H groups in total. The third-order valence-corrected chi connectivity index (χ3v) is 3.78. The Bertz CT molecular complexity index is 1010. The lowest BCUT2D eigenvalue weighted by atomic mass is 10.2. The number of hydrogen-bond acceptors (Lipinski definition) is 4. The Balaban J connectivity index is 1.58. The van der Waals surface area contributed by atoms with E-state index in [0.29, 0.717) is 16.5 Å². The summed E-state index contributed by atoms with van der Waals surface area (Å²) in [5, 5.41) is 4.55. The van der Waals surface area contributed by atoms with Gasteiger partial charge in [-0.3, -0.25) is 9.59 Å². The Hall–Kier alpha value is -3.38. The summed E-state index contributed by atoms with van der Waals surface area (Å²) in [6.07, 6.45) is 3.05. The van der Waals surface area contributed by atoms with E-state index >= 15 is 0 Å². The second-order valence-electron chi connectivity index (χ2n) is 5.59. The van der Waals surface area contributed by atoms with Crippen LogP contribution in [0.15, 0.2) is 82.8 Å². The normalized spacial score (nSPS) is 10.7. The Labute approximate surface area is 160 Å². The molecule has 0 bridgehead atoms. The molecule has 3 rings (SSSR count). The van der Waals surface area contributed by atoms with Gasteiger partial charge < -0.3 is 9.30 Å². The van der Waals surface area contributed by atoms with Gasteiger partial charge in [-0.2, -0.15) is 5.10 Å². The zero-order valence-electron chi connectivity index (χ0n) is 14.2. The molecule has 0 atom stereocenters. The second kappa shape index (κ2) is 8.82. The van der Waals surface area contributed by atoms with E-state index in [1.54, 1.807) is 48.7 Å². The molecule has 6 nitrogen and oxygen atoms in total. The van der Waals surface area contributed by atoms with Crippen molar-refractivity contribution in [3.8, 4) is 11.5 Å². The van der Waals surface area contributed by atoms with Gasteiger partial charge in [0, 0.05) is 17.3 Å². The number of carbonyl (C=O) groups is 1. The fourth-order valence-electron chi connectivity index (χ4n) is 2.26. The molecule has 0 saturated carbocycles. The molecule has 0 fully saturated rings. The summed E-state index contributed by atoms with van der Waals surface area (Å²) in [7, 11) is 0. The zero-order chi connectivity index (χ0) is 19.1. The van der Waals surface area contributed by atoms with Crippen LogP contribution >= 0.6 is 11.6 Å². The summed E-state index contributed by atoms with van der Waals surface area (Å²) in [5.41, 5.74) is 2.90. The fraction of sp³-hybridized carbons (Fsp3) is 0.0500. The molecule has 3 aromatic rings. The van der Waals surface area contributed by atoms with Crippen molar-refractivity contribution in [2.75, 3.05) is 0 Å². The first kappa shape index (κ1) is 18.4. The molecular formula is C20H16ClN3O3.